The summed E-state index contributed by atoms with van der Waals surface area (Å²) < 4.78 is 1.64. The average molecular weight is 335 g/mol. The Labute approximate surface area is 147 Å². The first-order valence-electron chi connectivity index (χ1n) is 8.35. The predicted octanol–water partition coefficient (Wildman–Crippen LogP) is 3.28. The number of carbonyl (C=O) groups is 1. The molecular weight excluding hydrogens is 314 g/mol. The maximum absolute atomic E-state index is 13.0. The van der Waals surface area contributed by atoms with E-state index in [1.54, 1.807) is 28.2 Å². The lowest BCUT2D eigenvalue weighted by molar-refractivity contribution is 0.0718. The molecule has 2 aromatic heterocycles. The quantitative estimate of drug-likeness (QED) is 0.693. The Hall–Kier alpha value is -3.02. The summed E-state index contributed by atoms with van der Waals surface area (Å²) in [5.74, 6) is -0.0360. The van der Waals surface area contributed by atoms with E-state index in [0.29, 0.717) is 5.56 Å². The van der Waals surface area contributed by atoms with Crippen molar-refractivity contribution in [1.82, 2.24) is 24.9 Å². The predicted molar refractivity (Wildman–Crippen MR) is 95.3 cm³/mol. The van der Waals surface area contributed by atoms with E-state index in [4.69, 9.17) is 0 Å². The Bertz CT molecular complexity index is 817. The molecule has 0 spiro atoms. The molecule has 6 nitrogen and oxygen atoms in total. The molecule has 128 valence electrons. The van der Waals surface area contributed by atoms with Crippen LogP contribution in [0.1, 0.15) is 41.9 Å². The summed E-state index contributed by atoms with van der Waals surface area (Å²) in [6.07, 6.45) is 6.96. The van der Waals surface area contributed by atoms with Crippen LogP contribution in [0, 0.1) is 0 Å². The zero-order valence-corrected chi connectivity index (χ0v) is 14.4. The van der Waals surface area contributed by atoms with Crippen molar-refractivity contribution in [2.75, 3.05) is 7.05 Å². The molecule has 0 N–H and O–H groups in total. The summed E-state index contributed by atoms with van der Waals surface area (Å²) in [7, 11) is 1.83. The number of benzene rings is 1. The van der Waals surface area contributed by atoms with Crippen LogP contribution in [0.15, 0.2) is 61.1 Å². The topological polar surface area (TPSA) is 63.9 Å². The summed E-state index contributed by atoms with van der Waals surface area (Å²) >= 11 is 0. The van der Waals surface area contributed by atoms with Gasteiger partial charge in [0.25, 0.3) is 5.91 Å². The molecule has 0 saturated carbocycles. The number of carbonyl (C=O) groups excluding carboxylic acids is 1. The largest absolute Gasteiger partial charge is 0.333 e. The molecule has 1 atom stereocenters. The van der Waals surface area contributed by atoms with Gasteiger partial charge in [-0.05, 0) is 36.8 Å². The van der Waals surface area contributed by atoms with E-state index in [9.17, 15) is 4.79 Å². The van der Waals surface area contributed by atoms with Gasteiger partial charge in [0.1, 0.15) is 0 Å². The highest BCUT2D eigenvalue weighted by molar-refractivity contribution is 5.94. The van der Waals surface area contributed by atoms with Gasteiger partial charge in [-0.1, -0.05) is 30.7 Å². The van der Waals surface area contributed by atoms with E-state index >= 15 is 0 Å². The fourth-order valence-corrected chi connectivity index (χ4v) is 2.86. The molecule has 0 radical (unpaired) electrons. The van der Waals surface area contributed by atoms with E-state index in [1.807, 2.05) is 49.5 Å². The van der Waals surface area contributed by atoms with Crippen molar-refractivity contribution in [3.8, 4) is 5.69 Å². The Morgan fingerprint density at radius 2 is 2.08 bits per heavy atom. The fraction of sp³-hybridized carbons (Fsp3) is 0.263. The highest BCUT2D eigenvalue weighted by Gasteiger charge is 2.23. The van der Waals surface area contributed by atoms with Crippen LogP contribution in [0.2, 0.25) is 0 Å². The summed E-state index contributed by atoms with van der Waals surface area (Å²) in [5.41, 5.74) is 2.33. The maximum atomic E-state index is 13.0. The van der Waals surface area contributed by atoms with Crippen molar-refractivity contribution in [1.29, 1.82) is 0 Å². The minimum atomic E-state index is -0.0475. The summed E-state index contributed by atoms with van der Waals surface area (Å²) in [6, 6.07) is 13.2. The van der Waals surface area contributed by atoms with Gasteiger partial charge >= 0.3 is 0 Å². The number of amides is 1. The van der Waals surface area contributed by atoms with Crippen molar-refractivity contribution in [3.63, 3.8) is 0 Å². The fourth-order valence-electron chi connectivity index (χ4n) is 2.86. The van der Waals surface area contributed by atoms with Gasteiger partial charge in [-0.15, -0.1) is 5.10 Å². The second-order valence-electron chi connectivity index (χ2n) is 5.87. The van der Waals surface area contributed by atoms with E-state index < -0.39 is 0 Å². The summed E-state index contributed by atoms with van der Waals surface area (Å²) in [5, 5.41) is 7.79. The highest BCUT2D eigenvalue weighted by Crippen LogP contribution is 2.24. The van der Waals surface area contributed by atoms with E-state index in [2.05, 4.69) is 22.2 Å². The Morgan fingerprint density at radius 1 is 1.20 bits per heavy atom. The lowest BCUT2D eigenvalue weighted by atomic mass is 10.0. The van der Waals surface area contributed by atoms with Gasteiger partial charge in [0.05, 0.1) is 29.8 Å². The van der Waals surface area contributed by atoms with Crippen LogP contribution >= 0.6 is 0 Å². The third-order valence-electron chi connectivity index (χ3n) is 4.16. The van der Waals surface area contributed by atoms with Crippen LogP contribution in [-0.2, 0) is 0 Å². The molecule has 3 rings (SSSR count). The number of rotatable bonds is 6. The van der Waals surface area contributed by atoms with E-state index in [-0.39, 0.29) is 11.9 Å². The molecule has 1 aromatic carbocycles. The first kappa shape index (κ1) is 16.8. The lowest BCUT2D eigenvalue weighted by Crippen LogP contribution is -2.31. The average Bonchev–Trinajstić information content (AvgIpc) is 3.20. The van der Waals surface area contributed by atoms with E-state index in [1.165, 1.54) is 0 Å². The molecule has 6 heteroatoms. The molecule has 0 aliphatic rings. The number of hydrogen-bond donors (Lipinski definition) is 0. The third-order valence-corrected chi connectivity index (χ3v) is 4.16. The Kier molecular flexibility index (Phi) is 5.18. The van der Waals surface area contributed by atoms with Gasteiger partial charge in [0.15, 0.2) is 0 Å². The molecule has 0 aliphatic carbocycles. The summed E-state index contributed by atoms with van der Waals surface area (Å²) in [6.45, 7) is 2.11. The molecular formula is C19H21N5O. The monoisotopic (exact) mass is 335 g/mol. The first-order chi connectivity index (χ1) is 12.2. The van der Waals surface area contributed by atoms with Gasteiger partial charge < -0.3 is 4.90 Å². The zero-order chi connectivity index (χ0) is 17.6. The van der Waals surface area contributed by atoms with Gasteiger partial charge in [0.2, 0.25) is 0 Å². The van der Waals surface area contributed by atoms with Crippen LogP contribution < -0.4 is 0 Å². The second kappa shape index (κ2) is 7.70. The highest BCUT2D eigenvalue weighted by atomic mass is 16.2. The smallest absolute Gasteiger partial charge is 0.254 e. The van der Waals surface area contributed by atoms with Gasteiger partial charge in [-0.3, -0.25) is 9.78 Å². The molecule has 0 fully saturated rings. The van der Waals surface area contributed by atoms with E-state index in [0.717, 1.165) is 24.2 Å². The molecule has 0 aliphatic heterocycles. The van der Waals surface area contributed by atoms with Crippen LogP contribution in [-0.4, -0.2) is 37.8 Å². The number of aromatic nitrogens is 4. The maximum Gasteiger partial charge on any atom is 0.254 e. The van der Waals surface area contributed by atoms with Crippen molar-refractivity contribution in [2.24, 2.45) is 0 Å². The number of hydrogen-bond acceptors (Lipinski definition) is 4. The van der Waals surface area contributed by atoms with Crippen LogP contribution in [0.4, 0.5) is 0 Å². The van der Waals surface area contributed by atoms with Crippen LogP contribution in [0.25, 0.3) is 5.69 Å². The van der Waals surface area contributed by atoms with Gasteiger partial charge in [-0.2, -0.15) is 0 Å². The van der Waals surface area contributed by atoms with Crippen molar-refractivity contribution in [2.45, 2.75) is 25.8 Å². The molecule has 25 heavy (non-hydrogen) atoms. The Morgan fingerprint density at radius 3 is 2.76 bits per heavy atom. The first-order valence-corrected chi connectivity index (χ1v) is 8.35. The normalized spacial score (nSPS) is 11.9. The molecule has 0 unspecified atom stereocenters. The third kappa shape index (κ3) is 3.74. The second-order valence-corrected chi connectivity index (χ2v) is 5.87. The molecule has 0 saturated heterocycles. The van der Waals surface area contributed by atoms with Crippen molar-refractivity contribution in [3.05, 3.63) is 72.3 Å². The van der Waals surface area contributed by atoms with Crippen LogP contribution in [0.5, 0.6) is 0 Å². The zero-order valence-electron chi connectivity index (χ0n) is 14.4. The van der Waals surface area contributed by atoms with Crippen LogP contribution in [0.3, 0.4) is 0 Å². The SMILES string of the molecule is CCC[C@H](c1ccccn1)N(C)C(=O)c1cccc(-n2ccnn2)c1. The minimum absolute atomic E-state index is 0.0360. The minimum Gasteiger partial charge on any atom is -0.333 e. The molecule has 2 heterocycles. The standard InChI is InChI=1S/C19H21N5O/c1-3-7-18(17-10-4-5-11-20-17)23(2)19(25)15-8-6-9-16(14-15)24-13-12-21-22-24/h4-6,8-14,18H,3,7H2,1-2H3/t18-/m1/s1. The summed E-state index contributed by atoms with van der Waals surface area (Å²) in [4.78, 5) is 19.2. The van der Waals surface area contributed by atoms with Gasteiger partial charge in [-0.25, -0.2) is 4.68 Å². The Balaban J connectivity index is 1.87. The molecule has 0 bridgehead atoms. The lowest BCUT2D eigenvalue weighted by Gasteiger charge is -2.28. The van der Waals surface area contributed by atoms with Crippen molar-refractivity contribution < 1.29 is 4.79 Å². The van der Waals surface area contributed by atoms with Gasteiger partial charge in [0, 0.05) is 18.8 Å². The molecule has 3 aromatic rings. The number of nitrogens with zero attached hydrogens (tertiary/aromatic N) is 5. The number of pyridine rings is 1. The van der Waals surface area contributed by atoms with Crippen molar-refractivity contribution >= 4 is 5.91 Å². The molecule has 1 amide bonds.